The molecule has 0 amide bonds. The standard InChI is InChI=1S/C11H13F2NO4/c1-17-6-3-7(18-2)10(13)8(9(6)12)5(4-14)11(15)16/h3,5H,4,14H2,1-2H3,(H,15,16). The second-order valence-electron chi connectivity index (χ2n) is 3.45. The molecule has 0 heterocycles. The molecule has 1 atom stereocenters. The van der Waals surface area contributed by atoms with Crippen LogP contribution in [0.5, 0.6) is 11.5 Å². The summed E-state index contributed by atoms with van der Waals surface area (Å²) < 4.78 is 37.2. The van der Waals surface area contributed by atoms with Crippen LogP contribution < -0.4 is 15.2 Å². The van der Waals surface area contributed by atoms with Crippen molar-refractivity contribution in [1.29, 1.82) is 0 Å². The molecule has 1 aromatic carbocycles. The minimum Gasteiger partial charge on any atom is -0.494 e. The maximum atomic E-state index is 13.9. The maximum Gasteiger partial charge on any atom is 0.312 e. The summed E-state index contributed by atoms with van der Waals surface area (Å²) in [5.74, 6) is -5.71. The Labute approximate surface area is 102 Å². The van der Waals surface area contributed by atoms with Crippen LogP contribution in [0, 0.1) is 11.6 Å². The summed E-state index contributed by atoms with van der Waals surface area (Å²) >= 11 is 0. The largest absolute Gasteiger partial charge is 0.494 e. The van der Waals surface area contributed by atoms with Gasteiger partial charge in [-0.2, -0.15) is 0 Å². The molecule has 0 aromatic heterocycles. The molecule has 1 aromatic rings. The van der Waals surface area contributed by atoms with E-state index in [-0.39, 0.29) is 11.5 Å². The van der Waals surface area contributed by atoms with Gasteiger partial charge >= 0.3 is 5.97 Å². The SMILES string of the molecule is COc1cc(OC)c(F)c(C(CN)C(=O)O)c1F. The second-order valence-corrected chi connectivity index (χ2v) is 3.45. The van der Waals surface area contributed by atoms with Crippen molar-refractivity contribution in [2.24, 2.45) is 5.73 Å². The average Bonchev–Trinajstić information content (AvgIpc) is 2.34. The monoisotopic (exact) mass is 261 g/mol. The number of rotatable bonds is 5. The summed E-state index contributed by atoms with van der Waals surface area (Å²) in [6.07, 6.45) is 0. The van der Waals surface area contributed by atoms with E-state index < -0.39 is 35.6 Å². The predicted molar refractivity (Wildman–Crippen MR) is 58.9 cm³/mol. The molecule has 100 valence electrons. The van der Waals surface area contributed by atoms with E-state index in [1.165, 1.54) is 14.2 Å². The number of benzene rings is 1. The Morgan fingerprint density at radius 1 is 1.33 bits per heavy atom. The first-order valence-corrected chi connectivity index (χ1v) is 5.00. The van der Waals surface area contributed by atoms with Crippen LogP contribution in [0.1, 0.15) is 11.5 Å². The maximum absolute atomic E-state index is 13.9. The Morgan fingerprint density at radius 2 is 1.78 bits per heavy atom. The molecule has 5 nitrogen and oxygen atoms in total. The number of hydrogen-bond donors (Lipinski definition) is 2. The predicted octanol–water partition coefficient (Wildman–Crippen LogP) is 1.11. The van der Waals surface area contributed by atoms with E-state index in [9.17, 15) is 13.6 Å². The van der Waals surface area contributed by atoms with Crippen LogP contribution in [-0.2, 0) is 4.79 Å². The first-order valence-electron chi connectivity index (χ1n) is 5.00. The van der Waals surface area contributed by atoms with Gasteiger partial charge in [-0.1, -0.05) is 0 Å². The molecule has 0 aliphatic rings. The van der Waals surface area contributed by atoms with E-state index in [0.717, 1.165) is 6.07 Å². The fourth-order valence-electron chi connectivity index (χ4n) is 1.55. The van der Waals surface area contributed by atoms with Crippen LogP contribution in [-0.4, -0.2) is 31.8 Å². The molecule has 18 heavy (non-hydrogen) atoms. The topological polar surface area (TPSA) is 81.8 Å². The van der Waals surface area contributed by atoms with Gasteiger partial charge in [-0.25, -0.2) is 8.78 Å². The van der Waals surface area contributed by atoms with E-state index in [2.05, 4.69) is 0 Å². The Hall–Kier alpha value is -1.89. The number of aliphatic carboxylic acids is 1. The summed E-state index contributed by atoms with van der Waals surface area (Å²) in [6, 6.07) is 1.00. The number of carboxylic acids is 1. The van der Waals surface area contributed by atoms with Crippen molar-refractivity contribution in [3.63, 3.8) is 0 Å². The number of hydrogen-bond acceptors (Lipinski definition) is 4. The van der Waals surface area contributed by atoms with E-state index in [1.807, 2.05) is 0 Å². The molecule has 0 fully saturated rings. The normalized spacial score (nSPS) is 12.1. The van der Waals surface area contributed by atoms with Crippen LogP contribution in [0.2, 0.25) is 0 Å². The number of ether oxygens (including phenoxy) is 2. The minimum absolute atomic E-state index is 0.303. The first kappa shape index (κ1) is 14.2. The van der Waals surface area contributed by atoms with Crippen LogP contribution in [0.15, 0.2) is 6.07 Å². The number of methoxy groups -OCH3 is 2. The number of nitrogens with two attached hydrogens (primary N) is 1. The van der Waals surface area contributed by atoms with Gasteiger partial charge in [0.25, 0.3) is 0 Å². The summed E-state index contributed by atoms with van der Waals surface area (Å²) in [5, 5.41) is 8.91. The third kappa shape index (κ3) is 2.35. The van der Waals surface area contributed by atoms with Crippen molar-refractivity contribution in [2.75, 3.05) is 20.8 Å². The van der Waals surface area contributed by atoms with Gasteiger partial charge in [0.2, 0.25) is 0 Å². The lowest BCUT2D eigenvalue weighted by atomic mass is 9.97. The average molecular weight is 261 g/mol. The van der Waals surface area contributed by atoms with Crippen molar-refractivity contribution in [2.45, 2.75) is 5.92 Å². The Bertz CT molecular complexity index is 437. The quantitative estimate of drug-likeness (QED) is 0.829. The third-order valence-corrected chi connectivity index (χ3v) is 2.49. The zero-order valence-corrected chi connectivity index (χ0v) is 9.87. The fraction of sp³-hybridized carbons (Fsp3) is 0.364. The molecule has 3 N–H and O–H groups in total. The van der Waals surface area contributed by atoms with Crippen molar-refractivity contribution < 1.29 is 28.2 Å². The number of carboxylic acid groups (broad SMARTS) is 1. The van der Waals surface area contributed by atoms with Crippen LogP contribution in [0.3, 0.4) is 0 Å². The first-order chi connectivity index (χ1) is 8.47. The van der Waals surface area contributed by atoms with Crippen molar-refractivity contribution >= 4 is 5.97 Å². The molecule has 0 saturated carbocycles. The molecule has 7 heteroatoms. The molecule has 0 aliphatic carbocycles. The lowest BCUT2D eigenvalue weighted by Crippen LogP contribution is -2.24. The highest BCUT2D eigenvalue weighted by atomic mass is 19.1. The van der Waals surface area contributed by atoms with Gasteiger partial charge in [0.05, 0.1) is 20.1 Å². The van der Waals surface area contributed by atoms with Gasteiger partial charge in [0.15, 0.2) is 23.1 Å². The smallest absolute Gasteiger partial charge is 0.312 e. The summed E-state index contributed by atoms with van der Waals surface area (Å²) in [7, 11) is 2.36. The highest BCUT2D eigenvalue weighted by Gasteiger charge is 2.30. The van der Waals surface area contributed by atoms with E-state index in [0.29, 0.717) is 0 Å². The van der Waals surface area contributed by atoms with Gasteiger partial charge in [-0.15, -0.1) is 0 Å². The Morgan fingerprint density at radius 3 is 2.06 bits per heavy atom. The fourth-order valence-corrected chi connectivity index (χ4v) is 1.55. The third-order valence-electron chi connectivity index (χ3n) is 2.49. The van der Waals surface area contributed by atoms with Gasteiger partial charge < -0.3 is 20.3 Å². The summed E-state index contributed by atoms with van der Waals surface area (Å²) in [5.41, 5.74) is 4.57. The zero-order valence-electron chi connectivity index (χ0n) is 9.87. The molecule has 1 unspecified atom stereocenters. The lowest BCUT2D eigenvalue weighted by molar-refractivity contribution is -0.138. The highest BCUT2D eigenvalue weighted by Crippen LogP contribution is 2.35. The molecular weight excluding hydrogens is 248 g/mol. The van der Waals surface area contributed by atoms with Crippen LogP contribution in [0.25, 0.3) is 0 Å². The zero-order chi connectivity index (χ0) is 13.9. The summed E-state index contributed by atoms with van der Waals surface area (Å²) in [4.78, 5) is 10.9. The molecule has 1 rings (SSSR count). The molecule has 0 spiro atoms. The van der Waals surface area contributed by atoms with Gasteiger partial charge in [-0.05, 0) is 0 Å². The Kier molecular flexibility index (Phi) is 4.43. The van der Waals surface area contributed by atoms with Crippen molar-refractivity contribution in [3.8, 4) is 11.5 Å². The Balaban J connectivity index is 3.53. The van der Waals surface area contributed by atoms with E-state index in [1.54, 1.807) is 0 Å². The lowest BCUT2D eigenvalue weighted by Gasteiger charge is -2.16. The van der Waals surface area contributed by atoms with Crippen molar-refractivity contribution in [3.05, 3.63) is 23.3 Å². The van der Waals surface area contributed by atoms with Crippen molar-refractivity contribution in [1.82, 2.24) is 0 Å². The molecular formula is C11H13F2NO4. The van der Waals surface area contributed by atoms with Crippen LogP contribution >= 0.6 is 0 Å². The molecule has 0 saturated heterocycles. The van der Waals surface area contributed by atoms with Gasteiger partial charge in [0, 0.05) is 18.2 Å². The second kappa shape index (κ2) is 5.63. The van der Waals surface area contributed by atoms with Gasteiger partial charge in [-0.3, -0.25) is 4.79 Å². The molecule has 0 aliphatic heterocycles. The number of carbonyl (C=O) groups is 1. The highest BCUT2D eigenvalue weighted by molar-refractivity contribution is 5.77. The summed E-state index contributed by atoms with van der Waals surface area (Å²) in [6.45, 7) is -0.445. The molecule has 0 bridgehead atoms. The van der Waals surface area contributed by atoms with E-state index >= 15 is 0 Å². The molecule has 0 radical (unpaired) electrons. The van der Waals surface area contributed by atoms with Gasteiger partial charge in [0.1, 0.15) is 0 Å². The number of halogens is 2. The van der Waals surface area contributed by atoms with E-state index in [4.69, 9.17) is 20.3 Å². The minimum atomic E-state index is -1.51. The van der Waals surface area contributed by atoms with Crippen LogP contribution in [0.4, 0.5) is 8.78 Å².